The van der Waals surface area contributed by atoms with E-state index in [1.54, 1.807) is 0 Å². The number of aromatic carboxylic acids is 1. The number of hydrogen-bond acceptors (Lipinski definition) is 2. The first kappa shape index (κ1) is 15.6. The van der Waals surface area contributed by atoms with Gasteiger partial charge in [-0.1, -0.05) is 23.2 Å². The SMILES string of the molecule is O=C(CC(F)(F)F)Nc1c(Cl)cc(C(=O)O)cc1Cl. The van der Waals surface area contributed by atoms with Crippen LogP contribution in [0.15, 0.2) is 12.1 Å². The molecule has 0 heterocycles. The zero-order valence-electron chi connectivity index (χ0n) is 9.02. The number of carboxylic acid groups (broad SMARTS) is 1. The molecule has 0 aromatic heterocycles. The molecular weight excluding hydrogens is 310 g/mol. The van der Waals surface area contributed by atoms with Crippen LogP contribution in [-0.4, -0.2) is 23.2 Å². The Morgan fingerprint density at radius 3 is 2.05 bits per heavy atom. The number of carbonyl (C=O) groups is 2. The largest absolute Gasteiger partial charge is 0.478 e. The van der Waals surface area contributed by atoms with Crippen molar-refractivity contribution in [3.8, 4) is 0 Å². The van der Waals surface area contributed by atoms with Gasteiger partial charge in [-0.25, -0.2) is 4.79 Å². The van der Waals surface area contributed by atoms with E-state index in [1.807, 2.05) is 5.32 Å². The van der Waals surface area contributed by atoms with E-state index in [-0.39, 0.29) is 21.3 Å². The van der Waals surface area contributed by atoms with E-state index in [0.29, 0.717) is 0 Å². The van der Waals surface area contributed by atoms with E-state index in [1.165, 1.54) is 0 Å². The van der Waals surface area contributed by atoms with Crippen LogP contribution in [0.4, 0.5) is 18.9 Å². The highest BCUT2D eigenvalue weighted by Crippen LogP contribution is 2.32. The number of carbonyl (C=O) groups excluding carboxylic acids is 1. The topological polar surface area (TPSA) is 66.4 Å². The zero-order valence-corrected chi connectivity index (χ0v) is 10.5. The summed E-state index contributed by atoms with van der Waals surface area (Å²) in [4.78, 5) is 21.8. The number of carboxylic acids is 1. The highest BCUT2D eigenvalue weighted by atomic mass is 35.5. The first-order chi connectivity index (χ1) is 8.60. The van der Waals surface area contributed by atoms with Gasteiger partial charge in [0, 0.05) is 0 Å². The van der Waals surface area contributed by atoms with Crippen molar-refractivity contribution in [3.63, 3.8) is 0 Å². The third kappa shape index (κ3) is 4.60. The standard InChI is InChI=1S/C10H6Cl2F3NO3/c11-5-1-4(9(18)19)2-6(12)8(5)16-7(17)3-10(13,14)15/h1-2H,3H2,(H,16,17)(H,18,19). The average molecular weight is 316 g/mol. The summed E-state index contributed by atoms with van der Waals surface area (Å²) in [5, 5.41) is 10.1. The van der Waals surface area contributed by atoms with Crippen LogP contribution in [0, 0.1) is 0 Å². The number of hydrogen-bond donors (Lipinski definition) is 2. The summed E-state index contributed by atoms with van der Waals surface area (Å²) in [6, 6.07) is 1.94. The van der Waals surface area contributed by atoms with E-state index in [9.17, 15) is 22.8 Å². The van der Waals surface area contributed by atoms with Crippen LogP contribution in [0.2, 0.25) is 10.0 Å². The van der Waals surface area contributed by atoms with E-state index in [2.05, 4.69) is 0 Å². The Bertz CT molecular complexity index is 508. The van der Waals surface area contributed by atoms with Crippen LogP contribution in [0.5, 0.6) is 0 Å². The molecule has 0 atom stereocenters. The lowest BCUT2D eigenvalue weighted by atomic mass is 10.2. The highest BCUT2D eigenvalue weighted by Gasteiger charge is 2.31. The van der Waals surface area contributed by atoms with Gasteiger partial charge >= 0.3 is 12.1 Å². The van der Waals surface area contributed by atoms with Gasteiger partial charge in [0.1, 0.15) is 6.42 Å². The number of benzene rings is 1. The second-order valence-electron chi connectivity index (χ2n) is 3.46. The molecule has 0 aliphatic heterocycles. The lowest BCUT2D eigenvalue weighted by Gasteiger charge is -2.11. The van der Waals surface area contributed by atoms with Crippen molar-refractivity contribution in [1.82, 2.24) is 0 Å². The lowest BCUT2D eigenvalue weighted by Crippen LogP contribution is -2.21. The number of alkyl halides is 3. The van der Waals surface area contributed by atoms with Gasteiger partial charge in [0.2, 0.25) is 5.91 Å². The molecule has 1 aromatic carbocycles. The van der Waals surface area contributed by atoms with Gasteiger partial charge in [0.25, 0.3) is 0 Å². The summed E-state index contributed by atoms with van der Waals surface area (Å²) in [5.41, 5.74) is -0.508. The van der Waals surface area contributed by atoms with Crippen molar-refractivity contribution < 1.29 is 27.9 Å². The predicted octanol–water partition coefficient (Wildman–Crippen LogP) is 3.58. The lowest BCUT2D eigenvalue weighted by molar-refractivity contribution is -0.150. The van der Waals surface area contributed by atoms with Crippen molar-refractivity contribution in [3.05, 3.63) is 27.7 Å². The summed E-state index contributed by atoms with van der Waals surface area (Å²) in [5.74, 6) is -2.66. The van der Waals surface area contributed by atoms with E-state index >= 15 is 0 Å². The molecule has 0 aliphatic carbocycles. The fraction of sp³-hybridized carbons (Fsp3) is 0.200. The quantitative estimate of drug-likeness (QED) is 0.895. The Morgan fingerprint density at radius 1 is 1.21 bits per heavy atom. The molecule has 9 heteroatoms. The number of anilines is 1. The van der Waals surface area contributed by atoms with E-state index < -0.39 is 24.5 Å². The molecule has 0 bridgehead atoms. The first-order valence-corrected chi connectivity index (χ1v) is 5.44. The van der Waals surface area contributed by atoms with Crippen molar-refractivity contribution in [2.45, 2.75) is 12.6 Å². The number of halogens is 5. The minimum absolute atomic E-state index is 0.246. The predicted molar refractivity (Wildman–Crippen MR) is 62.7 cm³/mol. The Hall–Kier alpha value is -1.47. The van der Waals surface area contributed by atoms with Crippen molar-refractivity contribution in [1.29, 1.82) is 0 Å². The summed E-state index contributed by atoms with van der Waals surface area (Å²) >= 11 is 11.3. The third-order valence-electron chi connectivity index (χ3n) is 1.91. The Kier molecular flexibility index (Phi) is 4.65. The fourth-order valence-electron chi connectivity index (χ4n) is 1.18. The maximum atomic E-state index is 12.0. The van der Waals surface area contributed by atoms with Crippen molar-refractivity contribution >= 4 is 40.8 Å². The van der Waals surface area contributed by atoms with Gasteiger partial charge in [0.05, 0.1) is 21.3 Å². The van der Waals surface area contributed by atoms with Crippen LogP contribution < -0.4 is 5.32 Å². The van der Waals surface area contributed by atoms with Gasteiger partial charge in [0.15, 0.2) is 0 Å². The van der Waals surface area contributed by atoms with Gasteiger partial charge in [-0.3, -0.25) is 4.79 Å². The minimum Gasteiger partial charge on any atom is -0.478 e. The van der Waals surface area contributed by atoms with Gasteiger partial charge in [-0.15, -0.1) is 0 Å². The second-order valence-corrected chi connectivity index (χ2v) is 4.27. The molecule has 0 aliphatic rings. The van der Waals surface area contributed by atoms with Crippen LogP contribution in [0.3, 0.4) is 0 Å². The van der Waals surface area contributed by atoms with Gasteiger partial charge in [-0.05, 0) is 12.1 Å². The van der Waals surface area contributed by atoms with Crippen molar-refractivity contribution in [2.75, 3.05) is 5.32 Å². The van der Waals surface area contributed by atoms with Gasteiger partial charge < -0.3 is 10.4 Å². The molecule has 2 N–H and O–H groups in total. The molecule has 104 valence electrons. The summed E-state index contributed by atoms with van der Waals surface area (Å²) in [6.07, 6.45) is -6.36. The van der Waals surface area contributed by atoms with Crippen LogP contribution in [-0.2, 0) is 4.79 Å². The Morgan fingerprint density at radius 2 is 1.68 bits per heavy atom. The van der Waals surface area contributed by atoms with Crippen LogP contribution in [0.25, 0.3) is 0 Å². The van der Waals surface area contributed by atoms with Crippen LogP contribution >= 0.6 is 23.2 Å². The van der Waals surface area contributed by atoms with E-state index in [0.717, 1.165) is 12.1 Å². The molecule has 0 spiro atoms. The Labute approximate surface area is 115 Å². The molecule has 1 amide bonds. The molecule has 1 aromatic rings. The molecule has 4 nitrogen and oxygen atoms in total. The molecule has 0 saturated carbocycles. The number of rotatable bonds is 3. The molecule has 0 saturated heterocycles. The monoisotopic (exact) mass is 315 g/mol. The van der Waals surface area contributed by atoms with Crippen LogP contribution in [0.1, 0.15) is 16.8 Å². The maximum Gasteiger partial charge on any atom is 0.397 e. The minimum atomic E-state index is -4.66. The number of amides is 1. The first-order valence-electron chi connectivity index (χ1n) is 4.69. The second kappa shape index (κ2) is 5.66. The smallest absolute Gasteiger partial charge is 0.397 e. The molecule has 19 heavy (non-hydrogen) atoms. The molecular formula is C10H6Cl2F3NO3. The highest BCUT2D eigenvalue weighted by molar-refractivity contribution is 6.40. The third-order valence-corrected chi connectivity index (χ3v) is 2.51. The average Bonchev–Trinajstić information content (AvgIpc) is 2.20. The van der Waals surface area contributed by atoms with Gasteiger partial charge in [-0.2, -0.15) is 13.2 Å². The summed E-state index contributed by atoms with van der Waals surface area (Å²) in [7, 11) is 0. The van der Waals surface area contributed by atoms with E-state index in [4.69, 9.17) is 28.3 Å². The molecule has 0 radical (unpaired) electrons. The maximum absolute atomic E-state index is 12.0. The normalized spacial score (nSPS) is 11.2. The molecule has 1 rings (SSSR count). The molecule has 0 unspecified atom stereocenters. The fourth-order valence-corrected chi connectivity index (χ4v) is 1.76. The summed E-state index contributed by atoms with van der Waals surface area (Å²) < 4.78 is 35.9. The summed E-state index contributed by atoms with van der Waals surface area (Å²) in [6.45, 7) is 0. The Balaban J connectivity index is 2.97. The molecule has 0 fully saturated rings. The zero-order chi connectivity index (χ0) is 14.8. The number of nitrogens with one attached hydrogen (secondary N) is 1. The van der Waals surface area contributed by atoms with Crippen molar-refractivity contribution in [2.24, 2.45) is 0 Å².